The summed E-state index contributed by atoms with van der Waals surface area (Å²) in [5, 5.41) is 2.89. The van der Waals surface area contributed by atoms with Crippen LogP contribution in [0, 0.1) is 6.92 Å². The molecular weight excluding hydrogens is 336 g/mol. The maximum Gasteiger partial charge on any atom is 0.248 e. The number of benzene rings is 2. The number of hydrogen-bond donors (Lipinski definition) is 1. The molecule has 0 fully saturated rings. The van der Waals surface area contributed by atoms with E-state index in [9.17, 15) is 4.79 Å². The zero-order valence-corrected chi connectivity index (χ0v) is 15.5. The van der Waals surface area contributed by atoms with E-state index in [0.29, 0.717) is 18.0 Å². The molecule has 4 heteroatoms. The highest BCUT2D eigenvalue weighted by Crippen LogP contribution is 2.20. The molecule has 0 aliphatic rings. The summed E-state index contributed by atoms with van der Waals surface area (Å²) < 4.78 is 5.77. The number of hydrogen-bond acceptors (Lipinski definition) is 3. The van der Waals surface area contributed by atoms with Crippen molar-refractivity contribution in [2.75, 3.05) is 5.32 Å². The van der Waals surface area contributed by atoms with Crippen molar-refractivity contribution in [1.82, 2.24) is 4.98 Å². The number of aromatic nitrogens is 1. The van der Waals surface area contributed by atoms with Gasteiger partial charge >= 0.3 is 0 Å². The summed E-state index contributed by atoms with van der Waals surface area (Å²) in [6.45, 7) is 4.40. The van der Waals surface area contributed by atoms with E-state index in [2.05, 4.69) is 10.3 Å². The Hall–Kier alpha value is -3.40. The fourth-order valence-corrected chi connectivity index (χ4v) is 2.78. The average molecular weight is 358 g/mol. The average Bonchev–Trinajstić information content (AvgIpc) is 2.67. The largest absolute Gasteiger partial charge is 0.489 e. The number of carbonyl (C=O) groups is 1. The van der Waals surface area contributed by atoms with Crippen molar-refractivity contribution < 1.29 is 9.53 Å². The zero-order valence-electron chi connectivity index (χ0n) is 15.5. The standard InChI is InChI=1S/C23H22N2O2/c1-17-7-3-4-11-22(17)18(2)13-23(26)25-20-9-5-10-21(14-20)27-16-19-8-6-12-24-15-19/h3-15H,16H2,1-2H3,(H,25,26). The molecule has 0 bridgehead atoms. The van der Waals surface area contributed by atoms with Crippen LogP contribution in [0.5, 0.6) is 5.75 Å². The third-order valence-electron chi connectivity index (χ3n) is 4.15. The predicted octanol–water partition coefficient (Wildman–Crippen LogP) is 5.01. The summed E-state index contributed by atoms with van der Waals surface area (Å²) in [5.74, 6) is 0.524. The summed E-state index contributed by atoms with van der Waals surface area (Å²) in [6, 6.07) is 19.2. The van der Waals surface area contributed by atoms with Crippen molar-refractivity contribution in [3.05, 3.63) is 95.8 Å². The van der Waals surface area contributed by atoms with E-state index in [4.69, 9.17) is 4.74 Å². The van der Waals surface area contributed by atoms with Gasteiger partial charge in [-0.1, -0.05) is 36.4 Å². The van der Waals surface area contributed by atoms with Crippen LogP contribution >= 0.6 is 0 Å². The van der Waals surface area contributed by atoms with E-state index < -0.39 is 0 Å². The summed E-state index contributed by atoms with van der Waals surface area (Å²) in [6.07, 6.45) is 5.11. The predicted molar refractivity (Wildman–Crippen MR) is 108 cm³/mol. The van der Waals surface area contributed by atoms with Gasteiger partial charge in [0.25, 0.3) is 0 Å². The van der Waals surface area contributed by atoms with Gasteiger partial charge in [-0.3, -0.25) is 9.78 Å². The summed E-state index contributed by atoms with van der Waals surface area (Å²) in [5.41, 5.74) is 4.82. The fourth-order valence-electron chi connectivity index (χ4n) is 2.78. The Bertz CT molecular complexity index is 949. The number of pyridine rings is 1. The molecule has 3 aromatic rings. The molecule has 3 rings (SSSR count). The fraction of sp³-hybridized carbons (Fsp3) is 0.130. The Labute approximate surface area is 159 Å². The minimum Gasteiger partial charge on any atom is -0.489 e. The van der Waals surface area contributed by atoms with E-state index >= 15 is 0 Å². The molecule has 0 aliphatic heterocycles. The molecule has 1 amide bonds. The van der Waals surface area contributed by atoms with E-state index in [1.165, 1.54) is 0 Å². The second-order valence-corrected chi connectivity index (χ2v) is 6.31. The Kier molecular flexibility index (Phi) is 6.00. The van der Waals surface area contributed by atoms with Gasteiger partial charge in [-0.25, -0.2) is 0 Å². The third kappa shape index (κ3) is 5.28. The van der Waals surface area contributed by atoms with Gasteiger partial charge in [-0.15, -0.1) is 0 Å². The SMILES string of the molecule is CC(=CC(=O)Nc1cccc(OCc2cccnc2)c1)c1ccccc1C. The van der Waals surface area contributed by atoms with Crippen LogP contribution in [0.3, 0.4) is 0 Å². The molecule has 0 atom stereocenters. The summed E-state index contributed by atoms with van der Waals surface area (Å²) >= 11 is 0. The molecule has 0 saturated heterocycles. The molecule has 1 aromatic heterocycles. The zero-order chi connectivity index (χ0) is 19.1. The number of rotatable bonds is 6. The molecule has 1 heterocycles. The molecule has 4 nitrogen and oxygen atoms in total. The lowest BCUT2D eigenvalue weighted by atomic mass is 10.0. The second-order valence-electron chi connectivity index (χ2n) is 6.31. The quantitative estimate of drug-likeness (QED) is 0.630. The lowest BCUT2D eigenvalue weighted by Gasteiger charge is -2.09. The lowest BCUT2D eigenvalue weighted by molar-refractivity contribution is -0.111. The number of nitrogens with zero attached hydrogens (tertiary/aromatic N) is 1. The Balaban J connectivity index is 1.64. The minimum atomic E-state index is -0.167. The first-order valence-corrected chi connectivity index (χ1v) is 8.79. The van der Waals surface area contributed by atoms with Gasteiger partial charge < -0.3 is 10.1 Å². The highest BCUT2D eigenvalue weighted by atomic mass is 16.5. The number of anilines is 1. The normalized spacial score (nSPS) is 11.1. The third-order valence-corrected chi connectivity index (χ3v) is 4.15. The molecule has 0 radical (unpaired) electrons. The van der Waals surface area contributed by atoms with Crippen molar-refractivity contribution >= 4 is 17.2 Å². The van der Waals surface area contributed by atoms with Crippen LogP contribution in [-0.4, -0.2) is 10.9 Å². The first kappa shape index (κ1) is 18.4. The summed E-state index contributed by atoms with van der Waals surface area (Å²) in [7, 11) is 0. The van der Waals surface area contributed by atoms with Crippen LogP contribution in [0.4, 0.5) is 5.69 Å². The van der Waals surface area contributed by atoms with E-state index in [1.54, 1.807) is 18.5 Å². The van der Waals surface area contributed by atoms with Crippen LogP contribution < -0.4 is 10.1 Å². The van der Waals surface area contributed by atoms with E-state index in [1.807, 2.05) is 74.5 Å². The number of aryl methyl sites for hydroxylation is 1. The van der Waals surface area contributed by atoms with Crippen molar-refractivity contribution in [3.8, 4) is 5.75 Å². The number of amides is 1. The second kappa shape index (κ2) is 8.81. The van der Waals surface area contributed by atoms with Crippen LogP contribution in [0.2, 0.25) is 0 Å². The van der Waals surface area contributed by atoms with Gasteiger partial charge in [0.05, 0.1) is 0 Å². The molecular formula is C23H22N2O2. The molecule has 0 aliphatic carbocycles. The van der Waals surface area contributed by atoms with Gasteiger partial charge in [-0.2, -0.15) is 0 Å². The van der Waals surface area contributed by atoms with Gasteiger partial charge in [-0.05, 0) is 48.7 Å². The minimum absolute atomic E-state index is 0.167. The monoisotopic (exact) mass is 358 g/mol. The molecule has 0 saturated carbocycles. The smallest absolute Gasteiger partial charge is 0.248 e. The number of nitrogens with one attached hydrogen (secondary N) is 1. The van der Waals surface area contributed by atoms with Gasteiger partial charge in [0.1, 0.15) is 12.4 Å². The molecule has 0 unspecified atom stereocenters. The maximum atomic E-state index is 12.4. The highest BCUT2D eigenvalue weighted by molar-refractivity contribution is 6.04. The van der Waals surface area contributed by atoms with Crippen LogP contribution in [0.15, 0.2) is 79.1 Å². The first-order chi connectivity index (χ1) is 13.1. The highest BCUT2D eigenvalue weighted by Gasteiger charge is 2.05. The van der Waals surface area contributed by atoms with Gasteiger partial charge in [0, 0.05) is 35.8 Å². The number of allylic oxidation sites excluding steroid dienone is 1. The summed E-state index contributed by atoms with van der Waals surface area (Å²) in [4.78, 5) is 16.4. The van der Waals surface area contributed by atoms with Crippen LogP contribution in [0.1, 0.15) is 23.6 Å². The molecule has 1 N–H and O–H groups in total. The van der Waals surface area contributed by atoms with Gasteiger partial charge in [0.15, 0.2) is 0 Å². The number of ether oxygens (including phenoxy) is 1. The molecule has 0 spiro atoms. The number of carbonyl (C=O) groups excluding carboxylic acids is 1. The van der Waals surface area contributed by atoms with Crippen LogP contribution in [0.25, 0.3) is 5.57 Å². The molecule has 136 valence electrons. The Morgan fingerprint density at radius 3 is 2.74 bits per heavy atom. The van der Waals surface area contributed by atoms with Crippen LogP contribution in [-0.2, 0) is 11.4 Å². The van der Waals surface area contributed by atoms with Crippen molar-refractivity contribution in [2.24, 2.45) is 0 Å². The maximum absolute atomic E-state index is 12.4. The van der Waals surface area contributed by atoms with Crippen molar-refractivity contribution in [1.29, 1.82) is 0 Å². The first-order valence-electron chi connectivity index (χ1n) is 8.79. The molecule has 27 heavy (non-hydrogen) atoms. The van der Waals surface area contributed by atoms with Gasteiger partial charge in [0.2, 0.25) is 5.91 Å². The van der Waals surface area contributed by atoms with Crippen molar-refractivity contribution in [2.45, 2.75) is 20.5 Å². The van der Waals surface area contributed by atoms with Crippen molar-refractivity contribution in [3.63, 3.8) is 0 Å². The topological polar surface area (TPSA) is 51.2 Å². The Morgan fingerprint density at radius 1 is 1.11 bits per heavy atom. The lowest BCUT2D eigenvalue weighted by Crippen LogP contribution is -2.09. The van der Waals surface area contributed by atoms with E-state index in [0.717, 1.165) is 22.3 Å². The Morgan fingerprint density at radius 2 is 1.96 bits per heavy atom. The molecule has 2 aromatic carbocycles. The van der Waals surface area contributed by atoms with E-state index in [-0.39, 0.29) is 5.91 Å².